The second kappa shape index (κ2) is 4.62. The van der Waals surface area contributed by atoms with Crippen molar-refractivity contribution < 1.29 is 4.74 Å². The van der Waals surface area contributed by atoms with E-state index in [4.69, 9.17) is 10.5 Å². The molecule has 0 aromatic carbocycles. The van der Waals surface area contributed by atoms with Crippen molar-refractivity contribution in [3.63, 3.8) is 0 Å². The fraction of sp³-hybridized carbons (Fsp3) is 0.583. The lowest BCUT2D eigenvalue weighted by Crippen LogP contribution is -2.27. The highest BCUT2D eigenvalue weighted by Gasteiger charge is 2.17. The minimum absolute atomic E-state index is 0.0192. The van der Waals surface area contributed by atoms with Gasteiger partial charge in [0.15, 0.2) is 0 Å². The van der Waals surface area contributed by atoms with Gasteiger partial charge in [0.1, 0.15) is 5.60 Å². The van der Waals surface area contributed by atoms with Crippen molar-refractivity contribution in [3.05, 3.63) is 23.9 Å². The van der Waals surface area contributed by atoms with Crippen molar-refractivity contribution in [1.82, 2.24) is 4.98 Å². The van der Waals surface area contributed by atoms with Gasteiger partial charge in [-0.05, 0) is 32.8 Å². The van der Waals surface area contributed by atoms with Crippen molar-refractivity contribution in [2.24, 2.45) is 5.73 Å². The normalized spacial score (nSPS) is 13.7. The number of rotatable bonds is 4. The zero-order valence-electron chi connectivity index (χ0n) is 9.95. The first-order valence-electron chi connectivity index (χ1n) is 5.35. The van der Waals surface area contributed by atoms with Crippen LogP contribution in [-0.2, 0) is 0 Å². The molecule has 0 fully saturated rings. The Morgan fingerprint density at radius 1 is 1.47 bits per heavy atom. The largest absolute Gasteiger partial charge is 0.472 e. The first-order chi connectivity index (χ1) is 6.94. The van der Waals surface area contributed by atoms with Gasteiger partial charge in [-0.1, -0.05) is 13.0 Å². The van der Waals surface area contributed by atoms with E-state index in [1.807, 2.05) is 32.9 Å². The van der Waals surface area contributed by atoms with Gasteiger partial charge < -0.3 is 10.5 Å². The Bertz CT molecular complexity index is 304. The van der Waals surface area contributed by atoms with Crippen LogP contribution in [0.2, 0.25) is 0 Å². The van der Waals surface area contributed by atoms with Crippen molar-refractivity contribution in [1.29, 1.82) is 0 Å². The predicted octanol–water partition coefficient (Wildman–Crippen LogP) is 2.67. The zero-order chi connectivity index (χ0) is 11.5. The second-order valence-corrected chi connectivity index (χ2v) is 4.43. The van der Waals surface area contributed by atoms with Crippen LogP contribution in [0.3, 0.4) is 0 Å². The molecule has 0 aliphatic carbocycles. The highest BCUT2D eigenvalue weighted by molar-refractivity contribution is 5.20. The van der Waals surface area contributed by atoms with Crippen LogP contribution in [0, 0.1) is 0 Å². The Labute approximate surface area is 91.7 Å². The van der Waals surface area contributed by atoms with E-state index in [-0.39, 0.29) is 11.6 Å². The van der Waals surface area contributed by atoms with E-state index in [0.717, 1.165) is 12.0 Å². The van der Waals surface area contributed by atoms with Gasteiger partial charge in [-0.25, -0.2) is 4.98 Å². The van der Waals surface area contributed by atoms with Crippen molar-refractivity contribution in [3.8, 4) is 5.88 Å². The summed E-state index contributed by atoms with van der Waals surface area (Å²) >= 11 is 0. The summed E-state index contributed by atoms with van der Waals surface area (Å²) in [5, 5.41) is 0. The number of ether oxygens (including phenoxy) is 1. The Balaban J connectivity index is 2.73. The van der Waals surface area contributed by atoms with Gasteiger partial charge in [0.2, 0.25) is 5.88 Å². The Morgan fingerprint density at radius 3 is 2.53 bits per heavy atom. The number of hydrogen-bond donors (Lipinski definition) is 1. The third-order valence-corrected chi connectivity index (χ3v) is 2.52. The van der Waals surface area contributed by atoms with Gasteiger partial charge in [0, 0.05) is 18.3 Å². The highest BCUT2D eigenvalue weighted by atomic mass is 16.5. The second-order valence-electron chi connectivity index (χ2n) is 4.43. The molecule has 2 N–H and O–H groups in total. The van der Waals surface area contributed by atoms with E-state index in [2.05, 4.69) is 11.9 Å². The lowest BCUT2D eigenvalue weighted by molar-refractivity contribution is 0.0990. The van der Waals surface area contributed by atoms with E-state index in [9.17, 15) is 0 Å². The maximum atomic E-state index is 5.74. The van der Waals surface area contributed by atoms with Crippen LogP contribution >= 0.6 is 0 Å². The molecule has 1 unspecified atom stereocenters. The summed E-state index contributed by atoms with van der Waals surface area (Å²) in [6.07, 6.45) is 2.72. The first-order valence-corrected chi connectivity index (χ1v) is 5.35. The number of aromatic nitrogens is 1. The maximum absolute atomic E-state index is 5.74. The molecule has 0 saturated heterocycles. The van der Waals surface area contributed by atoms with Crippen LogP contribution in [-0.4, -0.2) is 10.6 Å². The van der Waals surface area contributed by atoms with Gasteiger partial charge in [0.25, 0.3) is 0 Å². The SMILES string of the molecule is CCC(C)(C)Oc1ccc(C(C)N)cn1. The van der Waals surface area contributed by atoms with Crippen LogP contribution in [0.15, 0.2) is 18.3 Å². The Morgan fingerprint density at radius 2 is 2.13 bits per heavy atom. The molecule has 1 aromatic rings. The lowest BCUT2D eigenvalue weighted by Gasteiger charge is -2.24. The number of nitrogens with zero attached hydrogens (tertiary/aromatic N) is 1. The molecule has 0 amide bonds. The third kappa shape index (κ3) is 3.51. The fourth-order valence-corrected chi connectivity index (χ4v) is 1.08. The summed E-state index contributed by atoms with van der Waals surface area (Å²) < 4.78 is 5.73. The summed E-state index contributed by atoms with van der Waals surface area (Å²) in [6.45, 7) is 8.13. The maximum Gasteiger partial charge on any atom is 0.213 e. The summed E-state index contributed by atoms with van der Waals surface area (Å²) in [5.74, 6) is 0.659. The molecule has 1 rings (SSSR count). The van der Waals surface area contributed by atoms with Gasteiger partial charge in [-0.15, -0.1) is 0 Å². The first kappa shape index (κ1) is 12.0. The fourth-order valence-electron chi connectivity index (χ4n) is 1.08. The summed E-state index contributed by atoms with van der Waals surface area (Å²) in [6, 6.07) is 3.85. The number of nitrogens with two attached hydrogens (primary N) is 1. The standard InChI is InChI=1S/C12H20N2O/c1-5-12(3,4)15-11-7-6-10(8-14-11)9(2)13/h6-9H,5,13H2,1-4H3. The average molecular weight is 208 g/mol. The molecular weight excluding hydrogens is 188 g/mol. The molecule has 0 bridgehead atoms. The van der Waals surface area contributed by atoms with Crippen LogP contribution in [0.5, 0.6) is 5.88 Å². The number of hydrogen-bond acceptors (Lipinski definition) is 3. The predicted molar refractivity (Wildman–Crippen MR) is 61.8 cm³/mol. The van der Waals surface area contributed by atoms with Crippen molar-refractivity contribution in [2.75, 3.05) is 0 Å². The van der Waals surface area contributed by atoms with Gasteiger partial charge >= 0.3 is 0 Å². The lowest BCUT2D eigenvalue weighted by atomic mass is 10.1. The monoisotopic (exact) mass is 208 g/mol. The molecule has 15 heavy (non-hydrogen) atoms. The van der Waals surface area contributed by atoms with Crippen LogP contribution in [0.25, 0.3) is 0 Å². The highest BCUT2D eigenvalue weighted by Crippen LogP contribution is 2.19. The summed E-state index contributed by atoms with van der Waals surface area (Å²) in [7, 11) is 0. The minimum atomic E-state index is -0.164. The molecule has 0 aliphatic heterocycles. The van der Waals surface area contributed by atoms with E-state index < -0.39 is 0 Å². The van der Waals surface area contributed by atoms with E-state index in [1.165, 1.54) is 0 Å². The molecular formula is C12H20N2O. The molecule has 3 nitrogen and oxygen atoms in total. The molecule has 0 radical (unpaired) electrons. The topological polar surface area (TPSA) is 48.1 Å². The van der Waals surface area contributed by atoms with Crippen molar-refractivity contribution >= 4 is 0 Å². The van der Waals surface area contributed by atoms with Crippen LogP contribution < -0.4 is 10.5 Å². The van der Waals surface area contributed by atoms with Crippen LogP contribution in [0.1, 0.15) is 45.7 Å². The van der Waals surface area contributed by atoms with Gasteiger partial charge in [-0.3, -0.25) is 0 Å². The molecule has 3 heteroatoms. The summed E-state index contributed by atoms with van der Waals surface area (Å²) in [5.41, 5.74) is 6.60. The van der Waals surface area contributed by atoms with E-state index in [1.54, 1.807) is 6.20 Å². The molecule has 84 valence electrons. The zero-order valence-corrected chi connectivity index (χ0v) is 9.95. The van der Waals surface area contributed by atoms with Gasteiger partial charge in [-0.2, -0.15) is 0 Å². The molecule has 0 spiro atoms. The molecule has 1 atom stereocenters. The van der Waals surface area contributed by atoms with Crippen molar-refractivity contribution in [2.45, 2.75) is 45.8 Å². The van der Waals surface area contributed by atoms with Gasteiger partial charge in [0.05, 0.1) is 0 Å². The van der Waals surface area contributed by atoms with Crippen LogP contribution in [0.4, 0.5) is 0 Å². The smallest absolute Gasteiger partial charge is 0.213 e. The molecule has 1 aromatic heterocycles. The molecule has 1 heterocycles. The Kier molecular flexibility index (Phi) is 3.69. The average Bonchev–Trinajstić information content (AvgIpc) is 2.18. The molecule has 0 saturated carbocycles. The van der Waals surface area contributed by atoms with E-state index in [0.29, 0.717) is 5.88 Å². The van der Waals surface area contributed by atoms with E-state index >= 15 is 0 Å². The quantitative estimate of drug-likeness (QED) is 0.827. The third-order valence-electron chi connectivity index (χ3n) is 2.52. The Hall–Kier alpha value is -1.09. The number of pyridine rings is 1. The summed E-state index contributed by atoms with van der Waals surface area (Å²) in [4.78, 5) is 4.23. The molecule has 0 aliphatic rings. The minimum Gasteiger partial charge on any atom is -0.472 e.